The highest BCUT2D eigenvalue weighted by molar-refractivity contribution is 6.40. The summed E-state index contributed by atoms with van der Waals surface area (Å²) in [5.74, 6) is 0.375. The Balaban J connectivity index is 2.17. The van der Waals surface area contributed by atoms with Crippen LogP contribution in [-0.2, 0) is 4.79 Å². The summed E-state index contributed by atoms with van der Waals surface area (Å²) in [5.41, 5.74) is 0.778. The van der Waals surface area contributed by atoms with Crippen molar-refractivity contribution in [3.63, 3.8) is 0 Å². The molecular weight excluding hydrogens is 188 g/mol. The standard InChI is InChI=1S/C12H20N2O/c1-3-8(2)11-12(15)14-10-7-5-4-6-9(10)13-11/h8-10H,3-7H2,1-2H3,(H,14,15)/t8-,9+,10+/m0/s1. The largest absolute Gasteiger partial charge is 0.346 e. The van der Waals surface area contributed by atoms with Crippen LogP contribution in [0.1, 0.15) is 46.0 Å². The van der Waals surface area contributed by atoms with Gasteiger partial charge in [0.25, 0.3) is 5.91 Å². The first-order valence-electron chi connectivity index (χ1n) is 6.11. The fourth-order valence-corrected chi connectivity index (χ4v) is 2.46. The molecule has 1 saturated carbocycles. The molecule has 1 aliphatic carbocycles. The molecule has 2 rings (SSSR count). The number of carbonyl (C=O) groups excluding carboxylic acids is 1. The van der Waals surface area contributed by atoms with E-state index in [1.54, 1.807) is 0 Å². The molecule has 1 fully saturated rings. The van der Waals surface area contributed by atoms with Crippen LogP contribution < -0.4 is 5.32 Å². The molecule has 0 unspecified atom stereocenters. The first kappa shape index (κ1) is 10.7. The van der Waals surface area contributed by atoms with Crippen LogP contribution in [0.25, 0.3) is 0 Å². The molecule has 0 aromatic rings. The Bertz CT molecular complexity index is 285. The molecular formula is C12H20N2O. The van der Waals surface area contributed by atoms with E-state index in [1.165, 1.54) is 12.8 Å². The lowest BCUT2D eigenvalue weighted by Crippen LogP contribution is -2.52. The topological polar surface area (TPSA) is 41.5 Å². The highest BCUT2D eigenvalue weighted by Gasteiger charge is 2.33. The number of hydrogen-bond donors (Lipinski definition) is 1. The third-order valence-corrected chi connectivity index (χ3v) is 3.66. The quantitative estimate of drug-likeness (QED) is 0.740. The Morgan fingerprint density at radius 1 is 1.47 bits per heavy atom. The van der Waals surface area contributed by atoms with Crippen LogP contribution in [0, 0.1) is 5.92 Å². The van der Waals surface area contributed by atoms with Crippen molar-refractivity contribution in [2.75, 3.05) is 0 Å². The van der Waals surface area contributed by atoms with Gasteiger partial charge in [0.1, 0.15) is 5.71 Å². The molecule has 3 nitrogen and oxygen atoms in total. The highest BCUT2D eigenvalue weighted by atomic mass is 16.2. The van der Waals surface area contributed by atoms with Crippen LogP contribution in [0.2, 0.25) is 0 Å². The van der Waals surface area contributed by atoms with Crippen LogP contribution in [0.3, 0.4) is 0 Å². The Hall–Kier alpha value is -0.860. The number of nitrogens with zero attached hydrogens (tertiary/aromatic N) is 1. The third-order valence-electron chi connectivity index (χ3n) is 3.66. The minimum atomic E-state index is 0.0764. The van der Waals surface area contributed by atoms with Crippen LogP contribution in [0.15, 0.2) is 4.99 Å². The van der Waals surface area contributed by atoms with Crippen molar-refractivity contribution >= 4 is 11.6 Å². The zero-order valence-electron chi connectivity index (χ0n) is 9.62. The van der Waals surface area contributed by atoms with E-state index in [0.29, 0.717) is 18.0 Å². The zero-order chi connectivity index (χ0) is 10.8. The fourth-order valence-electron chi connectivity index (χ4n) is 2.46. The molecule has 84 valence electrons. The number of fused-ring (bicyclic) bond motifs is 1. The van der Waals surface area contributed by atoms with Gasteiger partial charge in [-0.2, -0.15) is 0 Å². The molecule has 3 heteroatoms. The summed E-state index contributed by atoms with van der Waals surface area (Å²) in [6.45, 7) is 4.19. The van der Waals surface area contributed by atoms with E-state index in [9.17, 15) is 4.79 Å². The lowest BCUT2D eigenvalue weighted by atomic mass is 9.87. The number of nitrogens with one attached hydrogen (secondary N) is 1. The van der Waals surface area contributed by atoms with Gasteiger partial charge < -0.3 is 5.32 Å². The molecule has 2 aliphatic rings. The monoisotopic (exact) mass is 208 g/mol. The molecule has 1 N–H and O–H groups in total. The van der Waals surface area contributed by atoms with Crippen molar-refractivity contribution in [2.24, 2.45) is 10.9 Å². The third kappa shape index (κ3) is 2.06. The van der Waals surface area contributed by atoms with E-state index in [1.807, 2.05) is 0 Å². The molecule has 15 heavy (non-hydrogen) atoms. The first-order valence-corrected chi connectivity index (χ1v) is 6.11. The van der Waals surface area contributed by atoms with E-state index in [0.717, 1.165) is 25.0 Å². The van der Waals surface area contributed by atoms with Crippen molar-refractivity contribution in [3.8, 4) is 0 Å². The summed E-state index contributed by atoms with van der Waals surface area (Å²) in [4.78, 5) is 16.5. The Labute approximate surface area is 91.3 Å². The lowest BCUT2D eigenvalue weighted by molar-refractivity contribution is -0.116. The van der Waals surface area contributed by atoms with Crippen molar-refractivity contribution < 1.29 is 4.79 Å². The average molecular weight is 208 g/mol. The minimum absolute atomic E-state index is 0.0764. The van der Waals surface area contributed by atoms with Gasteiger partial charge in [0.2, 0.25) is 0 Å². The van der Waals surface area contributed by atoms with Gasteiger partial charge in [-0.05, 0) is 19.3 Å². The molecule has 1 amide bonds. The molecule has 0 bridgehead atoms. The van der Waals surface area contributed by atoms with Gasteiger partial charge in [-0.25, -0.2) is 0 Å². The number of aliphatic imine (C=N–C) groups is 1. The second kappa shape index (κ2) is 4.33. The van der Waals surface area contributed by atoms with Gasteiger partial charge in [-0.3, -0.25) is 9.79 Å². The van der Waals surface area contributed by atoms with Gasteiger partial charge in [-0.1, -0.05) is 26.7 Å². The van der Waals surface area contributed by atoms with Gasteiger partial charge in [0, 0.05) is 5.92 Å². The van der Waals surface area contributed by atoms with Crippen molar-refractivity contribution in [1.29, 1.82) is 0 Å². The van der Waals surface area contributed by atoms with Gasteiger partial charge in [0.15, 0.2) is 0 Å². The van der Waals surface area contributed by atoms with E-state index >= 15 is 0 Å². The normalized spacial score (nSPS) is 32.7. The summed E-state index contributed by atoms with van der Waals surface area (Å²) in [6.07, 6.45) is 5.73. The van der Waals surface area contributed by atoms with Crippen LogP contribution in [0.5, 0.6) is 0 Å². The molecule has 3 atom stereocenters. The molecule has 1 heterocycles. The summed E-state index contributed by atoms with van der Waals surface area (Å²) >= 11 is 0. The number of hydrogen-bond acceptors (Lipinski definition) is 2. The smallest absolute Gasteiger partial charge is 0.265 e. The molecule has 0 radical (unpaired) electrons. The number of carbonyl (C=O) groups is 1. The lowest BCUT2D eigenvalue weighted by Gasteiger charge is -2.34. The van der Waals surface area contributed by atoms with Crippen LogP contribution in [-0.4, -0.2) is 23.7 Å². The Morgan fingerprint density at radius 3 is 2.93 bits per heavy atom. The van der Waals surface area contributed by atoms with Gasteiger partial charge in [-0.15, -0.1) is 0 Å². The molecule has 0 aromatic heterocycles. The van der Waals surface area contributed by atoms with E-state index in [4.69, 9.17) is 0 Å². The SMILES string of the molecule is CC[C@H](C)C1=N[C@@H]2CCCC[C@H]2NC1=O. The van der Waals surface area contributed by atoms with E-state index in [2.05, 4.69) is 24.2 Å². The predicted molar refractivity (Wildman–Crippen MR) is 61.1 cm³/mol. The average Bonchev–Trinajstić information content (AvgIpc) is 2.27. The molecule has 0 saturated heterocycles. The van der Waals surface area contributed by atoms with E-state index < -0.39 is 0 Å². The minimum Gasteiger partial charge on any atom is -0.346 e. The maximum absolute atomic E-state index is 11.8. The summed E-state index contributed by atoms with van der Waals surface area (Å²) in [5, 5.41) is 3.11. The van der Waals surface area contributed by atoms with Crippen molar-refractivity contribution in [1.82, 2.24) is 5.32 Å². The summed E-state index contributed by atoms with van der Waals surface area (Å²) in [6, 6.07) is 0.680. The summed E-state index contributed by atoms with van der Waals surface area (Å²) in [7, 11) is 0. The molecule has 1 aliphatic heterocycles. The van der Waals surface area contributed by atoms with Crippen molar-refractivity contribution in [3.05, 3.63) is 0 Å². The van der Waals surface area contributed by atoms with Gasteiger partial charge >= 0.3 is 0 Å². The second-order valence-electron chi connectivity index (χ2n) is 4.76. The van der Waals surface area contributed by atoms with Gasteiger partial charge in [0.05, 0.1) is 12.1 Å². The Morgan fingerprint density at radius 2 is 2.20 bits per heavy atom. The molecule has 0 aromatic carbocycles. The number of amides is 1. The Kier molecular flexibility index (Phi) is 3.08. The highest BCUT2D eigenvalue weighted by Crippen LogP contribution is 2.25. The van der Waals surface area contributed by atoms with E-state index in [-0.39, 0.29) is 5.91 Å². The fraction of sp³-hybridized carbons (Fsp3) is 0.833. The molecule has 0 spiro atoms. The van der Waals surface area contributed by atoms with Crippen LogP contribution >= 0.6 is 0 Å². The second-order valence-corrected chi connectivity index (χ2v) is 4.76. The number of rotatable bonds is 2. The summed E-state index contributed by atoms with van der Waals surface area (Å²) < 4.78 is 0. The maximum atomic E-state index is 11.8. The van der Waals surface area contributed by atoms with Crippen LogP contribution in [0.4, 0.5) is 0 Å². The van der Waals surface area contributed by atoms with Crippen molar-refractivity contribution in [2.45, 2.75) is 58.0 Å². The predicted octanol–water partition coefficient (Wildman–Crippen LogP) is 1.91. The zero-order valence-corrected chi connectivity index (χ0v) is 9.62. The first-order chi connectivity index (χ1) is 7.22. The maximum Gasteiger partial charge on any atom is 0.265 e.